The largest absolute Gasteiger partial charge is 0.495 e. The Bertz CT molecular complexity index is 474. The SMILES string of the molecule is CCC(C)C(C)(O)CNC(=O)c1ccc(Cl)c(OC)c1. The highest BCUT2D eigenvalue weighted by Gasteiger charge is 2.27. The highest BCUT2D eigenvalue weighted by Crippen LogP contribution is 2.25. The molecule has 0 radical (unpaired) electrons. The number of rotatable bonds is 6. The van der Waals surface area contributed by atoms with Crippen molar-refractivity contribution in [3.63, 3.8) is 0 Å². The van der Waals surface area contributed by atoms with Crippen LogP contribution < -0.4 is 10.1 Å². The molecule has 0 aromatic heterocycles. The molecule has 0 saturated heterocycles. The number of hydrogen-bond acceptors (Lipinski definition) is 3. The molecule has 112 valence electrons. The van der Waals surface area contributed by atoms with Gasteiger partial charge in [-0.2, -0.15) is 0 Å². The van der Waals surface area contributed by atoms with Crippen LogP contribution in [0.25, 0.3) is 0 Å². The highest BCUT2D eigenvalue weighted by molar-refractivity contribution is 6.32. The monoisotopic (exact) mass is 299 g/mol. The number of halogens is 1. The molecule has 4 nitrogen and oxygen atoms in total. The summed E-state index contributed by atoms with van der Waals surface area (Å²) in [5.41, 5.74) is -0.479. The molecule has 1 rings (SSSR count). The lowest BCUT2D eigenvalue weighted by Gasteiger charge is -2.29. The molecule has 0 fully saturated rings. The molecule has 0 bridgehead atoms. The summed E-state index contributed by atoms with van der Waals surface area (Å²) in [5.74, 6) is 0.291. The molecule has 0 aliphatic heterocycles. The Kier molecular flexibility index (Phi) is 5.84. The molecule has 2 unspecified atom stereocenters. The van der Waals surface area contributed by atoms with Crippen LogP contribution in [0.5, 0.6) is 5.75 Å². The van der Waals surface area contributed by atoms with Crippen molar-refractivity contribution in [1.29, 1.82) is 0 Å². The zero-order chi connectivity index (χ0) is 15.3. The fraction of sp³-hybridized carbons (Fsp3) is 0.533. The predicted octanol–water partition coefficient (Wildman–Crippen LogP) is 2.88. The molecule has 0 spiro atoms. The molecule has 0 saturated carbocycles. The first-order chi connectivity index (χ1) is 9.31. The maximum Gasteiger partial charge on any atom is 0.251 e. The van der Waals surface area contributed by atoms with Gasteiger partial charge in [0.25, 0.3) is 5.91 Å². The normalized spacial score (nSPS) is 15.3. The zero-order valence-electron chi connectivity index (χ0n) is 12.4. The van der Waals surface area contributed by atoms with Gasteiger partial charge in [0.15, 0.2) is 0 Å². The van der Waals surface area contributed by atoms with Gasteiger partial charge in [0.05, 0.1) is 17.7 Å². The van der Waals surface area contributed by atoms with E-state index in [1.807, 2.05) is 13.8 Å². The summed E-state index contributed by atoms with van der Waals surface area (Å²) in [4.78, 5) is 12.1. The zero-order valence-corrected chi connectivity index (χ0v) is 13.1. The minimum atomic E-state index is -0.930. The van der Waals surface area contributed by atoms with Crippen LogP contribution in [0.15, 0.2) is 18.2 Å². The maximum atomic E-state index is 12.1. The summed E-state index contributed by atoms with van der Waals surface area (Å²) in [6, 6.07) is 4.82. The molecular formula is C15H22ClNO3. The van der Waals surface area contributed by atoms with E-state index >= 15 is 0 Å². The van der Waals surface area contributed by atoms with Gasteiger partial charge in [0, 0.05) is 12.1 Å². The van der Waals surface area contributed by atoms with Gasteiger partial charge in [-0.3, -0.25) is 4.79 Å². The van der Waals surface area contributed by atoms with Crippen LogP contribution >= 0.6 is 11.6 Å². The lowest BCUT2D eigenvalue weighted by Crippen LogP contribution is -2.45. The lowest BCUT2D eigenvalue weighted by molar-refractivity contribution is 0.00592. The number of amides is 1. The van der Waals surface area contributed by atoms with Crippen LogP contribution in [-0.4, -0.2) is 30.3 Å². The van der Waals surface area contributed by atoms with Gasteiger partial charge in [-0.1, -0.05) is 31.9 Å². The number of aliphatic hydroxyl groups is 1. The lowest BCUT2D eigenvalue weighted by atomic mass is 9.88. The third-order valence-corrected chi connectivity index (χ3v) is 4.01. The Morgan fingerprint density at radius 2 is 2.20 bits per heavy atom. The second-order valence-electron chi connectivity index (χ2n) is 5.20. The number of carbonyl (C=O) groups is 1. The number of carbonyl (C=O) groups excluding carboxylic acids is 1. The first-order valence-corrected chi connectivity index (χ1v) is 7.03. The van der Waals surface area contributed by atoms with Gasteiger partial charge in [-0.25, -0.2) is 0 Å². The molecule has 0 heterocycles. The number of methoxy groups -OCH3 is 1. The van der Waals surface area contributed by atoms with Crippen molar-refractivity contribution < 1.29 is 14.6 Å². The van der Waals surface area contributed by atoms with Gasteiger partial charge in [-0.05, 0) is 31.0 Å². The van der Waals surface area contributed by atoms with E-state index in [0.29, 0.717) is 16.3 Å². The first kappa shape index (κ1) is 16.8. The predicted molar refractivity (Wildman–Crippen MR) is 80.4 cm³/mol. The van der Waals surface area contributed by atoms with E-state index in [4.69, 9.17) is 16.3 Å². The minimum absolute atomic E-state index is 0.0996. The van der Waals surface area contributed by atoms with Crippen molar-refractivity contribution in [3.05, 3.63) is 28.8 Å². The smallest absolute Gasteiger partial charge is 0.251 e. The summed E-state index contributed by atoms with van der Waals surface area (Å²) in [5, 5.41) is 13.5. The van der Waals surface area contributed by atoms with Crippen molar-refractivity contribution in [3.8, 4) is 5.75 Å². The number of ether oxygens (including phenoxy) is 1. The Morgan fingerprint density at radius 1 is 1.55 bits per heavy atom. The van der Waals surface area contributed by atoms with Crippen molar-refractivity contribution in [1.82, 2.24) is 5.32 Å². The topological polar surface area (TPSA) is 58.6 Å². The highest BCUT2D eigenvalue weighted by atomic mass is 35.5. The van der Waals surface area contributed by atoms with Gasteiger partial charge in [0.2, 0.25) is 0 Å². The van der Waals surface area contributed by atoms with Gasteiger partial charge in [0.1, 0.15) is 5.75 Å². The van der Waals surface area contributed by atoms with Crippen LogP contribution in [0.4, 0.5) is 0 Å². The van der Waals surface area contributed by atoms with Crippen LogP contribution in [0.2, 0.25) is 5.02 Å². The van der Waals surface area contributed by atoms with Crippen molar-refractivity contribution in [2.75, 3.05) is 13.7 Å². The molecule has 1 aromatic carbocycles. The summed E-state index contributed by atoms with van der Waals surface area (Å²) < 4.78 is 5.08. The third-order valence-electron chi connectivity index (χ3n) is 3.69. The standard InChI is InChI=1S/C15H22ClNO3/c1-5-10(2)15(3,19)9-17-14(18)11-6-7-12(16)13(8-11)20-4/h6-8,10,19H,5,9H2,1-4H3,(H,17,18). The van der Waals surface area contributed by atoms with Crippen LogP contribution in [0.1, 0.15) is 37.6 Å². The Balaban J connectivity index is 2.72. The molecule has 2 atom stereocenters. The van der Waals surface area contributed by atoms with E-state index in [1.165, 1.54) is 7.11 Å². The third kappa shape index (κ3) is 4.12. The van der Waals surface area contributed by atoms with Gasteiger partial charge in [-0.15, -0.1) is 0 Å². The average Bonchev–Trinajstić information content (AvgIpc) is 2.44. The quantitative estimate of drug-likeness (QED) is 0.849. The van der Waals surface area contributed by atoms with Crippen molar-refractivity contribution >= 4 is 17.5 Å². The molecule has 1 amide bonds. The average molecular weight is 300 g/mol. The van der Waals surface area contributed by atoms with Crippen LogP contribution in [0, 0.1) is 5.92 Å². The maximum absolute atomic E-state index is 12.1. The van der Waals surface area contributed by atoms with E-state index in [9.17, 15) is 9.90 Å². The second kappa shape index (κ2) is 6.95. The number of nitrogens with one attached hydrogen (secondary N) is 1. The van der Waals surface area contributed by atoms with Gasteiger partial charge < -0.3 is 15.2 Å². The molecule has 5 heteroatoms. The van der Waals surface area contributed by atoms with Crippen molar-refractivity contribution in [2.45, 2.75) is 32.8 Å². The molecule has 1 aromatic rings. The Labute approximate surface area is 125 Å². The summed E-state index contributed by atoms with van der Waals surface area (Å²) in [6.45, 7) is 5.89. The van der Waals surface area contributed by atoms with Crippen LogP contribution in [-0.2, 0) is 0 Å². The minimum Gasteiger partial charge on any atom is -0.495 e. The fourth-order valence-corrected chi connectivity index (χ4v) is 1.97. The molecule has 0 aliphatic rings. The van der Waals surface area contributed by atoms with E-state index in [0.717, 1.165) is 6.42 Å². The van der Waals surface area contributed by atoms with Crippen molar-refractivity contribution in [2.24, 2.45) is 5.92 Å². The van der Waals surface area contributed by atoms with E-state index in [-0.39, 0.29) is 18.4 Å². The second-order valence-corrected chi connectivity index (χ2v) is 5.61. The van der Waals surface area contributed by atoms with E-state index in [1.54, 1.807) is 25.1 Å². The first-order valence-electron chi connectivity index (χ1n) is 6.66. The molecule has 2 N–H and O–H groups in total. The van der Waals surface area contributed by atoms with Gasteiger partial charge >= 0.3 is 0 Å². The molecule has 0 aliphatic carbocycles. The van der Waals surface area contributed by atoms with E-state index < -0.39 is 5.60 Å². The summed E-state index contributed by atoms with van der Waals surface area (Å²) >= 11 is 5.91. The van der Waals surface area contributed by atoms with Crippen LogP contribution in [0.3, 0.4) is 0 Å². The molecular weight excluding hydrogens is 278 g/mol. The number of hydrogen-bond donors (Lipinski definition) is 2. The summed E-state index contributed by atoms with van der Waals surface area (Å²) in [6.07, 6.45) is 0.845. The number of benzene rings is 1. The molecule has 20 heavy (non-hydrogen) atoms. The van der Waals surface area contributed by atoms with E-state index in [2.05, 4.69) is 5.32 Å². The fourth-order valence-electron chi connectivity index (χ4n) is 1.78. The Hall–Kier alpha value is -1.26. The summed E-state index contributed by atoms with van der Waals surface area (Å²) in [7, 11) is 1.50. The Morgan fingerprint density at radius 3 is 2.75 bits per heavy atom.